The average molecular weight is 817 g/mol. The van der Waals surface area contributed by atoms with Gasteiger partial charge in [0.05, 0.1) is 34.4 Å². The van der Waals surface area contributed by atoms with Gasteiger partial charge in [-0.1, -0.05) is 145 Å². The predicted octanol–water partition coefficient (Wildman–Crippen LogP) is 12.2. The van der Waals surface area contributed by atoms with E-state index in [9.17, 15) is 19.5 Å². The Morgan fingerprint density at radius 2 is 0.983 bits per heavy atom. The minimum atomic E-state index is -1.51. The SMILES string of the molecule is CC/C=C\C/C=C\C/C=C\C/C=C\CCCCCCCCCCC(=O)OC(COC(=O)CCCCCCC/C=C\CCCCC)COC(OCC[N+](C)(C)C)C(=O)O. The lowest BCUT2D eigenvalue weighted by Crippen LogP contribution is -2.40. The largest absolute Gasteiger partial charge is 0.477 e. The standard InChI is InChI=1S/C49H85NO8/c1-6-8-10-12-14-16-18-20-21-22-23-24-25-26-27-28-30-32-34-36-38-40-47(52)58-45(44-57-49(48(53)54)55-42-41-50(3,4)5)43-56-46(51)39-37-35-33-31-29-19-17-15-13-11-9-7-2/h8,10,14-17,20-21,23-24,45,49H,6-7,9,11-13,18-19,22,25-44H2,1-5H3/p+1/b10-8-,16-14-,17-15-,21-20-,24-23-. The summed E-state index contributed by atoms with van der Waals surface area (Å²) < 4.78 is 22.7. The van der Waals surface area contributed by atoms with E-state index in [1.54, 1.807) is 0 Å². The lowest BCUT2D eigenvalue weighted by atomic mass is 10.1. The van der Waals surface area contributed by atoms with Crippen molar-refractivity contribution in [2.24, 2.45) is 0 Å². The van der Waals surface area contributed by atoms with Crippen molar-refractivity contribution in [3.8, 4) is 0 Å². The maximum atomic E-state index is 12.8. The lowest BCUT2D eigenvalue weighted by Gasteiger charge is -2.25. The Bertz CT molecular complexity index is 1140. The number of carboxylic acids is 1. The first-order valence-corrected chi connectivity index (χ1v) is 23.0. The number of unbranched alkanes of at least 4 members (excludes halogenated alkanes) is 16. The number of likely N-dealkylation sites (N-methyl/N-ethyl adjacent to an activating group) is 1. The van der Waals surface area contributed by atoms with Crippen molar-refractivity contribution in [1.29, 1.82) is 0 Å². The molecule has 2 unspecified atom stereocenters. The van der Waals surface area contributed by atoms with Crippen molar-refractivity contribution >= 4 is 17.9 Å². The molecular weight excluding hydrogens is 731 g/mol. The van der Waals surface area contributed by atoms with Gasteiger partial charge in [-0.05, 0) is 77.0 Å². The molecule has 0 bridgehead atoms. The van der Waals surface area contributed by atoms with Crippen LogP contribution in [0.1, 0.15) is 174 Å². The third-order valence-corrected chi connectivity index (χ3v) is 9.51. The fourth-order valence-corrected chi connectivity index (χ4v) is 5.94. The Hall–Kier alpha value is -3.01. The Morgan fingerprint density at radius 1 is 0.534 bits per heavy atom. The molecule has 0 radical (unpaired) electrons. The molecule has 58 heavy (non-hydrogen) atoms. The zero-order valence-corrected chi connectivity index (χ0v) is 37.7. The van der Waals surface area contributed by atoms with Crippen molar-refractivity contribution < 1.29 is 42.9 Å². The number of carbonyl (C=O) groups excluding carboxylic acids is 2. The minimum Gasteiger partial charge on any atom is -0.477 e. The van der Waals surface area contributed by atoms with Crippen LogP contribution >= 0.6 is 0 Å². The molecule has 9 heteroatoms. The molecule has 1 N–H and O–H groups in total. The zero-order valence-electron chi connectivity index (χ0n) is 37.7. The van der Waals surface area contributed by atoms with Crippen LogP contribution in [-0.4, -0.2) is 87.4 Å². The summed E-state index contributed by atoms with van der Waals surface area (Å²) >= 11 is 0. The molecule has 334 valence electrons. The highest BCUT2D eigenvalue weighted by atomic mass is 16.7. The minimum absolute atomic E-state index is 0.182. The van der Waals surface area contributed by atoms with E-state index in [0.717, 1.165) is 89.9 Å². The van der Waals surface area contributed by atoms with Gasteiger partial charge in [-0.2, -0.15) is 0 Å². The molecule has 0 rings (SSSR count). The zero-order chi connectivity index (χ0) is 42.8. The Balaban J connectivity index is 4.42. The van der Waals surface area contributed by atoms with Crippen molar-refractivity contribution in [2.45, 2.75) is 187 Å². The molecule has 0 aliphatic carbocycles. The summed E-state index contributed by atoms with van der Waals surface area (Å²) in [5.74, 6) is -2.04. The maximum Gasteiger partial charge on any atom is 0.361 e. The summed E-state index contributed by atoms with van der Waals surface area (Å²) in [7, 11) is 5.94. The first-order chi connectivity index (χ1) is 28.1. The summed E-state index contributed by atoms with van der Waals surface area (Å²) in [5.41, 5.74) is 0. The van der Waals surface area contributed by atoms with Gasteiger partial charge in [-0.15, -0.1) is 0 Å². The van der Waals surface area contributed by atoms with Crippen LogP contribution in [-0.2, 0) is 33.3 Å². The van der Waals surface area contributed by atoms with Gasteiger partial charge in [-0.25, -0.2) is 4.79 Å². The molecule has 0 fully saturated rings. The Morgan fingerprint density at radius 3 is 1.48 bits per heavy atom. The van der Waals surface area contributed by atoms with E-state index in [1.165, 1.54) is 51.4 Å². The summed E-state index contributed by atoms with van der Waals surface area (Å²) in [6.45, 7) is 4.70. The van der Waals surface area contributed by atoms with Gasteiger partial charge in [0.25, 0.3) is 6.29 Å². The van der Waals surface area contributed by atoms with Crippen LogP contribution in [0.3, 0.4) is 0 Å². The van der Waals surface area contributed by atoms with Gasteiger partial charge in [0.2, 0.25) is 0 Å². The van der Waals surface area contributed by atoms with E-state index in [2.05, 4.69) is 74.6 Å². The number of nitrogens with zero attached hydrogens (tertiary/aromatic N) is 1. The van der Waals surface area contributed by atoms with E-state index in [1.807, 2.05) is 21.1 Å². The normalized spacial score (nSPS) is 13.5. The number of hydrogen-bond donors (Lipinski definition) is 1. The first-order valence-electron chi connectivity index (χ1n) is 23.0. The molecule has 9 nitrogen and oxygen atoms in total. The van der Waals surface area contributed by atoms with E-state index in [4.69, 9.17) is 18.9 Å². The Labute approximate surface area is 355 Å². The summed E-state index contributed by atoms with van der Waals surface area (Å²) in [5, 5.41) is 9.63. The third-order valence-electron chi connectivity index (χ3n) is 9.51. The smallest absolute Gasteiger partial charge is 0.361 e. The van der Waals surface area contributed by atoms with Gasteiger partial charge in [0.15, 0.2) is 6.10 Å². The van der Waals surface area contributed by atoms with Gasteiger partial charge in [0, 0.05) is 12.8 Å². The molecule has 0 aliphatic heterocycles. The number of ether oxygens (including phenoxy) is 4. The second-order valence-electron chi connectivity index (χ2n) is 16.3. The highest BCUT2D eigenvalue weighted by molar-refractivity contribution is 5.71. The number of esters is 2. The summed E-state index contributed by atoms with van der Waals surface area (Å²) in [4.78, 5) is 37.1. The average Bonchev–Trinajstić information content (AvgIpc) is 3.18. The number of rotatable bonds is 41. The first kappa shape index (κ1) is 55.0. The second kappa shape index (κ2) is 40.8. The number of aliphatic carboxylic acids is 1. The number of hydrogen-bond acceptors (Lipinski definition) is 7. The number of carboxylic acid groups (broad SMARTS) is 1. The topological polar surface area (TPSA) is 108 Å². The molecule has 0 aliphatic rings. The molecular formula is C49H86NO8+. The molecule has 0 spiro atoms. The highest BCUT2D eigenvalue weighted by Gasteiger charge is 2.25. The molecule has 0 saturated heterocycles. The van der Waals surface area contributed by atoms with E-state index in [-0.39, 0.29) is 38.6 Å². The van der Waals surface area contributed by atoms with Crippen molar-refractivity contribution in [1.82, 2.24) is 0 Å². The van der Waals surface area contributed by atoms with Crippen molar-refractivity contribution in [3.63, 3.8) is 0 Å². The van der Waals surface area contributed by atoms with Gasteiger partial charge < -0.3 is 28.5 Å². The predicted molar refractivity (Wildman–Crippen MR) is 240 cm³/mol. The van der Waals surface area contributed by atoms with Gasteiger partial charge >= 0.3 is 17.9 Å². The number of quaternary nitrogens is 1. The Kier molecular flexibility index (Phi) is 38.6. The fourth-order valence-electron chi connectivity index (χ4n) is 5.94. The summed E-state index contributed by atoms with van der Waals surface area (Å²) in [6.07, 6.45) is 45.6. The number of carbonyl (C=O) groups is 3. The van der Waals surface area contributed by atoms with Crippen molar-refractivity contribution in [2.75, 3.05) is 47.5 Å². The summed E-state index contributed by atoms with van der Waals surface area (Å²) in [6, 6.07) is 0. The van der Waals surface area contributed by atoms with Crippen molar-refractivity contribution in [3.05, 3.63) is 60.8 Å². The molecule has 2 atom stereocenters. The van der Waals surface area contributed by atoms with Crippen LogP contribution in [0.5, 0.6) is 0 Å². The fraction of sp³-hybridized carbons (Fsp3) is 0.735. The quantitative estimate of drug-likeness (QED) is 0.0214. The van der Waals surface area contributed by atoms with Crippen LogP contribution in [0.25, 0.3) is 0 Å². The van der Waals surface area contributed by atoms with E-state index in [0.29, 0.717) is 17.4 Å². The highest BCUT2D eigenvalue weighted by Crippen LogP contribution is 2.13. The van der Waals surface area contributed by atoms with Crippen LogP contribution in [0.4, 0.5) is 0 Å². The number of allylic oxidation sites excluding steroid dienone is 10. The third kappa shape index (κ3) is 41.2. The molecule has 0 aromatic carbocycles. The maximum absolute atomic E-state index is 12.8. The van der Waals surface area contributed by atoms with E-state index < -0.39 is 24.3 Å². The van der Waals surface area contributed by atoms with Gasteiger partial charge in [-0.3, -0.25) is 9.59 Å². The molecule has 0 heterocycles. The molecule has 0 aromatic rings. The van der Waals surface area contributed by atoms with Crippen LogP contribution in [0.2, 0.25) is 0 Å². The lowest BCUT2D eigenvalue weighted by molar-refractivity contribution is -0.870. The van der Waals surface area contributed by atoms with Crippen LogP contribution in [0.15, 0.2) is 60.8 Å². The molecule has 0 amide bonds. The molecule has 0 aromatic heterocycles. The molecule has 0 saturated carbocycles. The van der Waals surface area contributed by atoms with E-state index >= 15 is 0 Å². The second-order valence-corrected chi connectivity index (χ2v) is 16.3. The van der Waals surface area contributed by atoms with Crippen LogP contribution < -0.4 is 0 Å². The van der Waals surface area contributed by atoms with Crippen LogP contribution in [0, 0.1) is 0 Å². The van der Waals surface area contributed by atoms with Gasteiger partial charge in [0.1, 0.15) is 13.2 Å². The monoisotopic (exact) mass is 817 g/mol.